The smallest absolute Gasteiger partial charge is 0.122 e. The van der Waals surface area contributed by atoms with Crippen LogP contribution in [0, 0.1) is 0 Å². The molecule has 1 heterocycles. The number of nitrogens with one attached hydrogen (secondary N) is 1. The van der Waals surface area contributed by atoms with Gasteiger partial charge in [0.2, 0.25) is 0 Å². The highest BCUT2D eigenvalue weighted by molar-refractivity contribution is 9.11. The molecular formula is C12H9Br2N3S. The van der Waals surface area contributed by atoms with E-state index in [9.17, 15) is 0 Å². The number of hydrogen-bond donors (Lipinski definition) is 2. The van der Waals surface area contributed by atoms with Crippen LogP contribution in [0.3, 0.4) is 0 Å². The molecule has 0 radical (unpaired) electrons. The van der Waals surface area contributed by atoms with E-state index >= 15 is 0 Å². The summed E-state index contributed by atoms with van der Waals surface area (Å²) in [6, 6.07) is 9.57. The first-order valence-corrected chi connectivity index (χ1v) is 7.03. The highest BCUT2D eigenvalue weighted by Gasteiger charge is 2.03. The average Bonchev–Trinajstić information content (AvgIpc) is 2.34. The van der Waals surface area contributed by atoms with Gasteiger partial charge in [0.1, 0.15) is 4.99 Å². The van der Waals surface area contributed by atoms with Crippen LogP contribution in [0.5, 0.6) is 0 Å². The summed E-state index contributed by atoms with van der Waals surface area (Å²) in [6.45, 7) is 0. The summed E-state index contributed by atoms with van der Waals surface area (Å²) in [6.07, 6.45) is 1.67. The Balaban J connectivity index is 2.31. The summed E-state index contributed by atoms with van der Waals surface area (Å²) < 4.78 is 1.97. The molecule has 0 aliphatic carbocycles. The van der Waals surface area contributed by atoms with E-state index in [1.807, 2.05) is 30.3 Å². The molecule has 3 N–H and O–H groups in total. The normalized spacial score (nSPS) is 10.1. The molecule has 0 spiro atoms. The van der Waals surface area contributed by atoms with Gasteiger partial charge in [-0.25, -0.2) is 0 Å². The number of pyridine rings is 1. The maximum Gasteiger partial charge on any atom is 0.122 e. The van der Waals surface area contributed by atoms with E-state index in [2.05, 4.69) is 42.2 Å². The van der Waals surface area contributed by atoms with Crippen molar-refractivity contribution in [3.05, 3.63) is 51.2 Å². The van der Waals surface area contributed by atoms with Crippen LogP contribution in [0.2, 0.25) is 0 Å². The molecule has 6 heteroatoms. The van der Waals surface area contributed by atoms with Crippen LogP contribution < -0.4 is 11.1 Å². The average molecular weight is 387 g/mol. The summed E-state index contributed by atoms with van der Waals surface area (Å²) in [5, 5.41) is 3.28. The SMILES string of the molecule is NC(=S)c1cc(Nc2cc(Br)ccc2Br)ccn1. The second kappa shape index (κ2) is 5.77. The molecule has 1 aromatic carbocycles. The Morgan fingerprint density at radius 3 is 2.72 bits per heavy atom. The van der Waals surface area contributed by atoms with Crippen molar-refractivity contribution in [3.63, 3.8) is 0 Å². The summed E-state index contributed by atoms with van der Waals surface area (Å²) >= 11 is 11.8. The van der Waals surface area contributed by atoms with Gasteiger partial charge in [-0.05, 0) is 46.3 Å². The van der Waals surface area contributed by atoms with Gasteiger partial charge in [0.05, 0.1) is 11.4 Å². The predicted molar refractivity (Wildman–Crippen MR) is 85.2 cm³/mol. The van der Waals surface area contributed by atoms with Gasteiger partial charge in [0.25, 0.3) is 0 Å². The molecule has 0 unspecified atom stereocenters. The first kappa shape index (κ1) is 13.5. The van der Waals surface area contributed by atoms with Gasteiger partial charge in [0.15, 0.2) is 0 Å². The third kappa shape index (κ3) is 3.28. The van der Waals surface area contributed by atoms with Crippen LogP contribution in [-0.4, -0.2) is 9.97 Å². The van der Waals surface area contributed by atoms with E-state index in [4.69, 9.17) is 18.0 Å². The molecule has 0 bridgehead atoms. The van der Waals surface area contributed by atoms with E-state index in [-0.39, 0.29) is 4.99 Å². The fraction of sp³-hybridized carbons (Fsp3) is 0. The number of thiocarbonyl (C=S) groups is 1. The summed E-state index contributed by atoms with van der Waals surface area (Å²) in [5.74, 6) is 0. The topological polar surface area (TPSA) is 50.9 Å². The zero-order valence-electron chi connectivity index (χ0n) is 9.15. The lowest BCUT2D eigenvalue weighted by Crippen LogP contribution is -2.11. The predicted octanol–water partition coefficient (Wildman–Crippen LogP) is 3.98. The Morgan fingerprint density at radius 1 is 1.22 bits per heavy atom. The van der Waals surface area contributed by atoms with Gasteiger partial charge in [-0.3, -0.25) is 4.98 Å². The van der Waals surface area contributed by atoms with Crippen LogP contribution in [0.4, 0.5) is 11.4 Å². The number of nitrogens with two attached hydrogens (primary N) is 1. The fourth-order valence-electron chi connectivity index (χ4n) is 1.39. The maximum atomic E-state index is 5.55. The van der Waals surface area contributed by atoms with Crippen molar-refractivity contribution in [2.75, 3.05) is 5.32 Å². The van der Waals surface area contributed by atoms with Crippen LogP contribution in [0.15, 0.2) is 45.5 Å². The van der Waals surface area contributed by atoms with Crippen LogP contribution in [-0.2, 0) is 0 Å². The van der Waals surface area contributed by atoms with Gasteiger partial charge >= 0.3 is 0 Å². The number of halogens is 2. The Morgan fingerprint density at radius 2 is 2.00 bits per heavy atom. The molecular weight excluding hydrogens is 378 g/mol. The molecule has 1 aromatic heterocycles. The minimum absolute atomic E-state index is 0.284. The van der Waals surface area contributed by atoms with Crippen LogP contribution in [0.25, 0.3) is 0 Å². The number of anilines is 2. The Labute approximate surface area is 127 Å². The Hall–Kier alpha value is -0.980. The molecule has 0 saturated heterocycles. The van der Waals surface area contributed by atoms with Gasteiger partial charge in [-0.2, -0.15) is 0 Å². The minimum atomic E-state index is 0.284. The standard InChI is InChI=1S/C12H9Br2N3S/c13-7-1-2-9(14)10(5-7)17-8-3-4-16-11(6-8)12(15)18/h1-6H,(H2,15,18)(H,16,17). The van der Waals surface area contributed by atoms with E-state index < -0.39 is 0 Å². The third-order valence-electron chi connectivity index (χ3n) is 2.22. The quantitative estimate of drug-likeness (QED) is 0.783. The summed E-state index contributed by atoms with van der Waals surface area (Å²) in [4.78, 5) is 4.38. The van der Waals surface area contributed by atoms with Crippen molar-refractivity contribution in [3.8, 4) is 0 Å². The lowest BCUT2D eigenvalue weighted by molar-refractivity contribution is 1.29. The van der Waals surface area contributed by atoms with E-state index in [0.717, 1.165) is 20.3 Å². The lowest BCUT2D eigenvalue weighted by atomic mass is 10.2. The molecule has 2 aromatic rings. The second-order valence-corrected chi connectivity index (χ2v) is 5.75. The van der Waals surface area contributed by atoms with Gasteiger partial charge < -0.3 is 11.1 Å². The summed E-state index contributed by atoms with van der Waals surface area (Å²) in [7, 11) is 0. The van der Waals surface area contributed by atoms with E-state index in [1.54, 1.807) is 6.20 Å². The van der Waals surface area contributed by atoms with Gasteiger partial charge in [0, 0.05) is 20.8 Å². The van der Waals surface area contributed by atoms with Gasteiger partial charge in [-0.1, -0.05) is 28.1 Å². The van der Waals surface area contributed by atoms with E-state index in [1.165, 1.54) is 0 Å². The molecule has 3 nitrogen and oxygen atoms in total. The molecule has 0 saturated carbocycles. The second-order valence-electron chi connectivity index (χ2n) is 3.54. The number of hydrogen-bond acceptors (Lipinski definition) is 3. The van der Waals surface area contributed by atoms with E-state index in [0.29, 0.717) is 5.69 Å². The third-order valence-corrected chi connectivity index (χ3v) is 3.61. The van der Waals surface area contributed by atoms with Crippen molar-refractivity contribution >= 4 is 60.4 Å². The number of rotatable bonds is 3. The van der Waals surface area contributed by atoms with Crippen molar-refractivity contribution in [2.24, 2.45) is 5.73 Å². The molecule has 0 atom stereocenters. The fourth-order valence-corrected chi connectivity index (χ4v) is 2.21. The molecule has 2 rings (SSSR count). The minimum Gasteiger partial charge on any atom is -0.388 e. The molecule has 0 amide bonds. The van der Waals surface area contributed by atoms with Crippen molar-refractivity contribution in [1.82, 2.24) is 4.98 Å². The first-order valence-electron chi connectivity index (χ1n) is 5.04. The van der Waals surface area contributed by atoms with Crippen molar-refractivity contribution in [2.45, 2.75) is 0 Å². The van der Waals surface area contributed by atoms with Crippen LogP contribution >= 0.6 is 44.1 Å². The number of benzene rings is 1. The monoisotopic (exact) mass is 385 g/mol. The molecule has 18 heavy (non-hydrogen) atoms. The molecule has 0 aliphatic heterocycles. The maximum absolute atomic E-state index is 5.55. The van der Waals surface area contributed by atoms with Crippen molar-refractivity contribution < 1.29 is 0 Å². The highest BCUT2D eigenvalue weighted by atomic mass is 79.9. The van der Waals surface area contributed by atoms with Crippen molar-refractivity contribution in [1.29, 1.82) is 0 Å². The molecule has 0 aliphatic rings. The summed E-state index contributed by atoms with van der Waals surface area (Å²) in [5.41, 5.74) is 7.98. The molecule has 92 valence electrons. The van der Waals surface area contributed by atoms with Gasteiger partial charge in [-0.15, -0.1) is 0 Å². The highest BCUT2D eigenvalue weighted by Crippen LogP contribution is 2.28. The van der Waals surface area contributed by atoms with Crippen LogP contribution in [0.1, 0.15) is 5.69 Å². The lowest BCUT2D eigenvalue weighted by Gasteiger charge is -2.09. The number of nitrogens with zero attached hydrogens (tertiary/aromatic N) is 1. The number of aromatic nitrogens is 1. The zero-order valence-corrected chi connectivity index (χ0v) is 13.1. The first-order chi connectivity index (χ1) is 8.56. The largest absolute Gasteiger partial charge is 0.388 e. The Bertz CT molecular complexity index is 602. The Kier molecular flexibility index (Phi) is 4.31. The molecule has 0 fully saturated rings. The zero-order chi connectivity index (χ0) is 13.1.